The van der Waals surface area contributed by atoms with Gasteiger partial charge >= 0.3 is 76.3 Å². The van der Waals surface area contributed by atoms with E-state index in [0.29, 0.717) is 5.66 Å². The number of rotatable bonds is 5. The van der Waals surface area contributed by atoms with E-state index in [-0.39, 0.29) is 0 Å². The molecule has 0 spiro atoms. The molecule has 0 nitrogen and oxygen atoms in total. The average Bonchev–Trinajstić information content (AvgIpc) is 2.16. The van der Waals surface area contributed by atoms with Crippen molar-refractivity contribution < 1.29 is 4.20 Å². The van der Waals surface area contributed by atoms with E-state index in [1.807, 2.05) is 20.8 Å². The zero-order valence-electron chi connectivity index (χ0n) is 9.23. The number of hydrogen-bond acceptors (Lipinski definition) is 0. The van der Waals surface area contributed by atoms with Crippen LogP contribution in [0.4, 0.5) is 4.20 Å². The standard InChI is InChI=1S/C10H24FP/c1-6-10(5)12(11,7-2,8-3)9-4/h10H,6-9H2,1-5H3. The van der Waals surface area contributed by atoms with Gasteiger partial charge in [0.15, 0.2) is 0 Å². The maximum atomic E-state index is 14.9. The summed E-state index contributed by atoms with van der Waals surface area (Å²) in [5.41, 5.74) is 0.302. The molecular formula is C10H24FP. The molecule has 2 heteroatoms. The van der Waals surface area contributed by atoms with Crippen LogP contribution in [0.2, 0.25) is 0 Å². The molecule has 0 radical (unpaired) electrons. The zero-order valence-corrected chi connectivity index (χ0v) is 10.1. The van der Waals surface area contributed by atoms with Gasteiger partial charge in [-0.2, -0.15) is 0 Å². The second kappa shape index (κ2) is 4.05. The van der Waals surface area contributed by atoms with Crippen molar-refractivity contribution in [2.75, 3.05) is 18.5 Å². The van der Waals surface area contributed by atoms with E-state index >= 15 is 0 Å². The minimum atomic E-state index is -2.79. The molecular weight excluding hydrogens is 170 g/mol. The molecule has 12 heavy (non-hydrogen) atoms. The molecule has 0 bridgehead atoms. The Bertz CT molecular complexity index is 130. The first kappa shape index (κ1) is 12.4. The predicted molar refractivity (Wildman–Crippen MR) is 59.4 cm³/mol. The van der Waals surface area contributed by atoms with Crippen molar-refractivity contribution in [2.45, 2.75) is 46.7 Å². The van der Waals surface area contributed by atoms with Crippen LogP contribution in [-0.2, 0) is 0 Å². The van der Waals surface area contributed by atoms with Gasteiger partial charge in [0, 0.05) is 0 Å². The molecule has 0 fully saturated rings. The predicted octanol–water partition coefficient (Wildman–Crippen LogP) is 4.28. The zero-order chi connectivity index (χ0) is 9.85. The summed E-state index contributed by atoms with van der Waals surface area (Å²) in [6.45, 7) is 7.48. The number of hydrogen-bond donors (Lipinski definition) is 0. The van der Waals surface area contributed by atoms with Crippen molar-refractivity contribution in [1.82, 2.24) is 0 Å². The SMILES string of the molecule is CCC(C)P(F)(CC)(CC)CC. The van der Waals surface area contributed by atoms with Crippen molar-refractivity contribution >= 4 is 6.91 Å². The van der Waals surface area contributed by atoms with Crippen LogP contribution in [0.5, 0.6) is 0 Å². The summed E-state index contributed by atoms with van der Waals surface area (Å²) in [6.07, 6.45) is 3.30. The molecule has 0 aliphatic rings. The Morgan fingerprint density at radius 1 is 1.00 bits per heavy atom. The van der Waals surface area contributed by atoms with Crippen molar-refractivity contribution in [1.29, 1.82) is 0 Å². The fourth-order valence-corrected chi connectivity index (χ4v) is 6.19. The fourth-order valence-electron chi connectivity index (χ4n) is 2.06. The van der Waals surface area contributed by atoms with Gasteiger partial charge in [0.05, 0.1) is 0 Å². The summed E-state index contributed by atoms with van der Waals surface area (Å²) in [5.74, 6) is 0. The third kappa shape index (κ3) is 1.82. The summed E-state index contributed by atoms with van der Waals surface area (Å²) >= 11 is 0. The molecule has 0 aromatic rings. The monoisotopic (exact) mass is 194 g/mol. The van der Waals surface area contributed by atoms with Crippen molar-refractivity contribution in [3.63, 3.8) is 0 Å². The Morgan fingerprint density at radius 3 is 1.42 bits per heavy atom. The van der Waals surface area contributed by atoms with Gasteiger partial charge in [0.2, 0.25) is 0 Å². The Labute approximate surface area is 77.0 Å². The first-order chi connectivity index (χ1) is 5.47. The first-order valence-electron chi connectivity index (χ1n) is 5.19. The summed E-state index contributed by atoms with van der Waals surface area (Å²) in [4.78, 5) is 0. The quantitative estimate of drug-likeness (QED) is 0.573. The summed E-state index contributed by atoms with van der Waals surface area (Å²) < 4.78 is 14.9. The van der Waals surface area contributed by atoms with E-state index in [1.165, 1.54) is 0 Å². The molecule has 0 N–H and O–H groups in total. The van der Waals surface area contributed by atoms with E-state index in [2.05, 4.69) is 13.8 Å². The third-order valence-corrected chi connectivity index (χ3v) is 11.0. The Balaban J connectivity index is 4.81. The molecule has 1 unspecified atom stereocenters. The first-order valence-corrected chi connectivity index (χ1v) is 7.94. The molecule has 0 heterocycles. The molecule has 0 aliphatic heterocycles. The van der Waals surface area contributed by atoms with Gasteiger partial charge in [-0.3, -0.25) is 0 Å². The average molecular weight is 194 g/mol. The van der Waals surface area contributed by atoms with Gasteiger partial charge in [-0.1, -0.05) is 0 Å². The molecule has 0 amide bonds. The van der Waals surface area contributed by atoms with Crippen molar-refractivity contribution in [3.05, 3.63) is 0 Å². The molecule has 76 valence electrons. The van der Waals surface area contributed by atoms with E-state index in [9.17, 15) is 4.20 Å². The Kier molecular flexibility index (Phi) is 4.17. The van der Waals surface area contributed by atoms with Gasteiger partial charge < -0.3 is 0 Å². The Hall–Kier alpha value is 0.360. The molecule has 0 rings (SSSR count). The van der Waals surface area contributed by atoms with Crippen molar-refractivity contribution in [2.24, 2.45) is 0 Å². The minimum absolute atomic E-state index is 0.302. The Morgan fingerprint density at radius 2 is 1.33 bits per heavy atom. The molecule has 1 atom stereocenters. The van der Waals surface area contributed by atoms with E-state index < -0.39 is 6.91 Å². The van der Waals surface area contributed by atoms with Gasteiger partial charge in [0.1, 0.15) is 0 Å². The summed E-state index contributed by atoms with van der Waals surface area (Å²) in [7, 11) is 0. The number of halogens is 1. The van der Waals surface area contributed by atoms with Gasteiger partial charge in [0.25, 0.3) is 0 Å². The second-order valence-electron chi connectivity index (χ2n) is 3.88. The molecule has 0 aliphatic carbocycles. The summed E-state index contributed by atoms with van der Waals surface area (Å²) in [6, 6.07) is 0. The van der Waals surface area contributed by atoms with E-state index in [0.717, 1.165) is 24.9 Å². The van der Waals surface area contributed by atoms with Gasteiger partial charge in [-0.25, -0.2) is 0 Å². The topological polar surface area (TPSA) is 0 Å². The molecule has 0 saturated carbocycles. The summed E-state index contributed by atoms with van der Waals surface area (Å²) in [5, 5.41) is 0. The van der Waals surface area contributed by atoms with Crippen LogP contribution < -0.4 is 0 Å². The fraction of sp³-hybridized carbons (Fsp3) is 1.00. The van der Waals surface area contributed by atoms with E-state index in [4.69, 9.17) is 0 Å². The van der Waals surface area contributed by atoms with Crippen LogP contribution >= 0.6 is 6.91 Å². The van der Waals surface area contributed by atoms with E-state index in [1.54, 1.807) is 0 Å². The van der Waals surface area contributed by atoms with Crippen LogP contribution in [0.3, 0.4) is 0 Å². The maximum absolute atomic E-state index is 14.9. The van der Waals surface area contributed by atoms with Crippen LogP contribution in [0.15, 0.2) is 0 Å². The molecule has 0 aromatic heterocycles. The van der Waals surface area contributed by atoms with Crippen LogP contribution in [0.25, 0.3) is 0 Å². The van der Waals surface area contributed by atoms with Crippen LogP contribution in [0, 0.1) is 0 Å². The molecule has 0 saturated heterocycles. The van der Waals surface area contributed by atoms with Gasteiger partial charge in [-0.05, 0) is 0 Å². The van der Waals surface area contributed by atoms with Gasteiger partial charge in [-0.15, -0.1) is 0 Å². The van der Waals surface area contributed by atoms with Crippen molar-refractivity contribution in [3.8, 4) is 0 Å². The molecule has 0 aromatic carbocycles. The normalized spacial score (nSPS) is 18.3. The second-order valence-corrected chi connectivity index (χ2v) is 10.0. The van der Waals surface area contributed by atoms with Crippen LogP contribution in [-0.4, -0.2) is 24.1 Å². The van der Waals surface area contributed by atoms with Crippen LogP contribution in [0.1, 0.15) is 41.0 Å². The third-order valence-electron chi connectivity index (χ3n) is 3.94.